The van der Waals surface area contributed by atoms with Crippen LogP contribution in [0, 0.1) is 6.92 Å². The molecule has 1 aromatic carbocycles. The van der Waals surface area contributed by atoms with Gasteiger partial charge in [0.05, 0.1) is 24.1 Å². The first kappa shape index (κ1) is 16.2. The van der Waals surface area contributed by atoms with Gasteiger partial charge in [0, 0.05) is 33.1 Å². The molecule has 0 aliphatic carbocycles. The summed E-state index contributed by atoms with van der Waals surface area (Å²) in [5, 5.41) is 8.00. The third-order valence-corrected chi connectivity index (χ3v) is 5.07. The summed E-state index contributed by atoms with van der Waals surface area (Å²) in [5.74, 6) is 2.43. The van der Waals surface area contributed by atoms with Crippen LogP contribution in [0.5, 0.6) is 0 Å². The molecule has 0 bridgehead atoms. The van der Waals surface area contributed by atoms with E-state index in [0.717, 1.165) is 37.4 Å². The highest BCUT2D eigenvalue weighted by atomic mass is 16.4. The molecular formula is C18H24N6O. The number of likely N-dealkylation sites (N-methyl/N-ethyl adjacent to an activating group) is 1. The minimum atomic E-state index is 0.502. The van der Waals surface area contributed by atoms with Gasteiger partial charge < -0.3 is 8.98 Å². The van der Waals surface area contributed by atoms with Gasteiger partial charge in [-0.05, 0) is 25.6 Å². The number of para-hydroxylation sites is 2. The van der Waals surface area contributed by atoms with Crippen molar-refractivity contribution in [1.82, 2.24) is 29.5 Å². The second-order valence-corrected chi connectivity index (χ2v) is 6.88. The van der Waals surface area contributed by atoms with E-state index in [4.69, 9.17) is 9.40 Å². The van der Waals surface area contributed by atoms with Crippen molar-refractivity contribution in [2.24, 2.45) is 7.05 Å². The summed E-state index contributed by atoms with van der Waals surface area (Å²) in [6, 6.07) is 8.80. The number of aromatic nitrogens is 4. The molecule has 4 rings (SSSR count). The van der Waals surface area contributed by atoms with Gasteiger partial charge in [0.25, 0.3) is 0 Å². The first-order valence-corrected chi connectivity index (χ1v) is 8.72. The van der Waals surface area contributed by atoms with E-state index in [-0.39, 0.29) is 0 Å². The molecule has 3 heterocycles. The minimum absolute atomic E-state index is 0.502. The highest BCUT2D eigenvalue weighted by molar-refractivity contribution is 5.75. The van der Waals surface area contributed by atoms with E-state index in [9.17, 15) is 0 Å². The molecule has 7 heteroatoms. The van der Waals surface area contributed by atoms with Gasteiger partial charge in [-0.2, -0.15) is 0 Å². The number of aryl methyl sites for hydroxylation is 2. The van der Waals surface area contributed by atoms with Crippen molar-refractivity contribution in [3.8, 4) is 0 Å². The average molecular weight is 340 g/mol. The molecule has 0 N–H and O–H groups in total. The maximum atomic E-state index is 5.49. The summed E-state index contributed by atoms with van der Waals surface area (Å²) in [6.07, 6.45) is 1.15. The molecule has 0 radical (unpaired) electrons. The zero-order valence-corrected chi connectivity index (χ0v) is 15.0. The summed E-state index contributed by atoms with van der Waals surface area (Å²) >= 11 is 0. The normalized spacial score (nSPS) is 18.6. The Balaban J connectivity index is 1.39. The largest absolute Gasteiger partial charge is 0.424 e. The Kier molecular flexibility index (Phi) is 4.27. The zero-order valence-electron chi connectivity index (χ0n) is 15.0. The van der Waals surface area contributed by atoms with Gasteiger partial charge in [-0.3, -0.25) is 9.80 Å². The smallest absolute Gasteiger partial charge is 0.230 e. The molecule has 1 fully saturated rings. The Hall–Kier alpha value is -2.25. The van der Waals surface area contributed by atoms with Crippen molar-refractivity contribution in [3.05, 3.63) is 41.9 Å². The third-order valence-electron chi connectivity index (χ3n) is 5.07. The van der Waals surface area contributed by atoms with Crippen molar-refractivity contribution in [2.45, 2.75) is 32.5 Å². The monoisotopic (exact) mass is 340 g/mol. The lowest BCUT2D eigenvalue weighted by Crippen LogP contribution is -2.34. The summed E-state index contributed by atoms with van der Waals surface area (Å²) in [6.45, 7) is 5.53. The van der Waals surface area contributed by atoms with Gasteiger partial charge in [0.1, 0.15) is 5.82 Å². The fraction of sp³-hybridized carbons (Fsp3) is 0.500. The maximum Gasteiger partial charge on any atom is 0.230 e. The molecule has 1 aliphatic heterocycles. The lowest BCUT2D eigenvalue weighted by Gasteiger charge is -2.23. The molecule has 132 valence electrons. The molecule has 1 aliphatic rings. The van der Waals surface area contributed by atoms with E-state index in [1.54, 1.807) is 0 Å². The second-order valence-electron chi connectivity index (χ2n) is 6.88. The molecule has 2 aromatic heterocycles. The van der Waals surface area contributed by atoms with Crippen LogP contribution >= 0.6 is 0 Å². The van der Waals surface area contributed by atoms with Crippen LogP contribution < -0.4 is 0 Å². The number of rotatable bonds is 5. The number of nitrogens with zero attached hydrogens (tertiary/aromatic N) is 6. The summed E-state index contributed by atoms with van der Waals surface area (Å²) in [4.78, 5) is 9.57. The molecule has 0 unspecified atom stereocenters. The van der Waals surface area contributed by atoms with Gasteiger partial charge in [-0.25, -0.2) is 4.98 Å². The van der Waals surface area contributed by atoms with Crippen molar-refractivity contribution in [1.29, 1.82) is 0 Å². The van der Waals surface area contributed by atoms with Crippen LogP contribution in [0.25, 0.3) is 11.0 Å². The lowest BCUT2D eigenvalue weighted by atomic mass is 10.2. The van der Waals surface area contributed by atoms with Gasteiger partial charge in [-0.1, -0.05) is 12.1 Å². The molecule has 1 saturated heterocycles. The van der Waals surface area contributed by atoms with E-state index < -0.39 is 0 Å². The topological polar surface area (TPSA) is 63.2 Å². The average Bonchev–Trinajstić information content (AvgIpc) is 3.29. The Morgan fingerprint density at radius 3 is 2.88 bits per heavy atom. The highest BCUT2D eigenvalue weighted by Gasteiger charge is 2.27. The number of hydrogen-bond donors (Lipinski definition) is 0. The summed E-state index contributed by atoms with van der Waals surface area (Å²) in [7, 11) is 4.23. The molecule has 0 amide bonds. The first-order valence-electron chi connectivity index (χ1n) is 8.72. The quantitative estimate of drug-likeness (QED) is 0.708. The van der Waals surface area contributed by atoms with Crippen LogP contribution in [-0.4, -0.2) is 55.7 Å². The van der Waals surface area contributed by atoms with Crippen LogP contribution in [0.1, 0.15) is 24.0 Å². The number of imidazole rings is 1. The van der Waals surface area contributed by atoms with Gasteiger partial charge in [0.2, 0.25) is 11.8 Å². The minimum Gasteiger partial charge on any atom is -0.424 e. The molecular weight excluding hydrogens is 316 g/mol. The maximum absolute atomic E-state index is 5.49. The predicted octanol–water partition coefficient (Wildman–Crippen LogP) is 1.97. The molecule has 0 saturated carbocycles. The Bertz CT molecular complexity index is 869. The van der Waals surface area contributed by atoms with Crippen LogP contribution in [0.2, 0.25) is 0 Å². The molecule has 3 aromatic rings. The lowest BCUT2D eigenvalue weighted by molar-refractivity contribution is 0.203. The number of benzene rings is 1. The molecule has 1 atom stereocenters. The van der Waals surface area contributed by atoms with E-state index in [0.29, 0.717) is 24.4 Å². The fourth-order valence-electron chi connectivity index (χ4n) is 3.60. The summed E-state index contributed by atoms with van der Waals surface area (Å²) in [5.41, 5.74) is 2.26. The van der Waals surface area contributed by atoms with E-state index in [2.05, 4.69) is 56.9 Å². The third kappa shape index (κ3) is 3.29. The first-order chi connectivity index (χ1) is 12.1. The van der Waals surface area contributed by atoms with Crippen LogP contribution in [0.15, 0.2) is 28.7 Å². The summed E-state index contributed by atoms with van der Waals surface area (Å²) < 4.78 is 7.70. The van der Waals surface area contributed by atoms with E-state index in [1.165, 1.54) is 5.52 Å². The van der Waals surface area contributed by atoms with Gasteiger partial charge >= 0.3 is 0 Å². The predicted molar refractivity (Wildman–Crippen MR) is 94.9 cm³/mol. The van der Waals surface area contributed by atoms with Crippen molar-refractivity contribution in [2.75, 3.05) is 20.1 Å². The van der Waals surface area contributed by atoms with Gasteiger partial charge in [-0.15, -0.1) is 10.2 Å². The zero-order chi connectivity index (χ0) is 17.4. The molecule has 25 heavy (non-hydrogen) atoms. The van der Waals surface area contributed by atoms with E-state index >= 15 is 0 Å². The van der Waals surface area contributed by atoms with Crippen molar-refractivity contribution >= 4 is 11.0 Å². The fourth-order valence-corrected chi connectivity index (χ4v) is 3.60. The van der Waals surface area contributed by atoms with Crippen LogP contribution in [-0.2, 0) is 20.1 Å². The van der Waals surface area contributed by atoms with Crippen molar-refractivity contribution in [3.63, 3.8) is 0 Å². The standard InChI is InChI=1S/C18H24N6O/c1-13-20-21-18(25-13)12-22(2)14-8-9-24(10-14)11-17-19-15-6-4-5-7-16(15)23(17)3/h4-7,14H,8-12H2,1-3H3/t14-/m0/s1. The SMILES string of the molecule is Cc1nnc(CN(C)[C@H]2CCN(Cc3nc4ccccc4n3C)C2)o1. The second kappa shape index (κ2) is 6.57. The van der Waals surface area contributed by atoms with Crippen molar-refractivity contribution < 1.29 is 4.42 Å². The number of hydrogen-bond acceptors (Lipinski definition) is 6. The Morgan fingerprint density at radius 2 is 2.12 bits per heavy atom. The molecule has 7 nitrogen and oxygen atoms in total. The van der Waals surface area contributed by atoms with E-state index in [1.807, 2.05) is 13.0 Å². The number of fused-ring (bicyclic) bond motifs is 1. The van der Waals surface area contributed by atoms with Crippen LogP contribution in [0.3, 0.4) is 0 Å². The Labute approximate surface area is 147 Å². The number of likely N-dealkylation sites (tertiary alicyclic amines) is 1. The van der Waals surface area contributed by atoms with Gasteiger partial charge in [0.15, 0.2) is 0 Å². The highest BCUT2D eigenvalue weighted by Crippen LogP contribution is 2.20. The molecule has 0 spiro atoms. The Morgan fingerprint density at radius 1 is 1.28 bits per heavy atom. The van der Waals surface area contributed by atoms with Crippen LogP contribution in [0.4, 0.5) is 0 Å².